The zero-order chi connectivity index (χ0) is 15.4. The summed E-state index contributed by atoms with van der Waals surface area (Å²) >= 11 is 6.02. The Morgan fingerprint density at radius 3 is 2.57 bits per heavy atom. The molecule has 114 valence electrons. The number of pyridine rings is 1. The maximum absolute atomic E-state index is 6.02. The van der Waals surface area contributed by atoms with Crippen LogP contribution in [0.25, 0.3) is 10.8 Å². The number of hydrogen-bond acceptors (Lipinski definition) is 3. The fourth-order valence-corrected chi connectivity index (χ4v) is 2.96. The number of halogens is 1. The number of hydrogen-bond donors (Lipinski definition) is 0. The van der Waals surface area contributed by atoms with Gasteiger partial charge < -0.3 is 9.80 Å². The lowest BCUT2D eigenvalue weighted by Gasteiger charge is -2.32. The zero-order valence-corrected chi connectivity index (χ0v) is 14.1. The Balaban J connectivity index is 2.51. The summed E-state index contributed by atoms with van der Waals surface area (Å²) in [5.41, 5.74) is 0.931. The number of fused-ring (bicyclic) bond motifs is 1. The molecule has 4 heteroatoms. The van der Waals surface area contributed by atoms with Gasteiger partial charge in [0.15, 0.2) is 0 Å². The normalized spacial score (nSPS) is 12.9. The molecule has 0 aliphatic rings. The van der Waals surface area contributed by atoms with Crippen molar-refractivity contribution in [2.45, 2.75) is 25.8 Å². The number of rotatable bonds is 6. The van der Waals surface area contributed by atoms with E-state index in [1.165, 1.54) is 10.8 Å². The number of benzene rings is 1. The van der Waals surface area contributed by atoms with Gasteiger partial charge in [0, 0.05) is 24.5 Å². The second-order valence-corrected chi connectivity index (χ2v) is 5.96. The number of likely N-dealkylation sites (N-methyl/N-ethyl adjacent to an activating group) is 2. The van der Waals surface area contributed by atoms with Gasteiger partial charge in [-0.25, -0.2) is 4.98 Å². The molecule has 0 bridgehead atoms. The molecule has 1 aromatic carbocycles. The second kappa shape index (κ2) is 7.10. The molecule has 0 spiro atoms. The Morgan fingerprint density at radius 2 is 1.95 bits per heavy atom. The largest absolute Gasteiger partial charge is 0.352 e. The number of alkyl halides is 1. The van der Waals surface area contributed by atoms with Gasteiger partial charge in [-0.1, -0.05) is 24.3 Å². The summed E-state index contributed by atoms with van der Waals surface area (Å²) in [5, 5.41) is 2.40. The second-order valence-electron chi connectivity index (χ2n) is 5.69. The third-order valence-corrected chi connectivity index (χ3v) is 3.96. The summed E-state index contributed by atoms with van der Waals surface area (Å²) in [5.74, 6) is 1.48. The van der Waals surface area contributed by atoms with E-state index in [9.17, 15) is 0 Å². The van der Waals surface area contributed by atoms with Crippen LogP contribution in [0.4, 0.5) is 5.82 Å². The monoisotopic (exact) mass is 305 g/mol. The summed E-state index contributed by atoms with van der Waals surface area (Å²) in [6.45, 7) is 6.34. The minimum Gasteiger partial charge on any atom is -0.352 e. The Morgan fingerprint density at radius 1 is 1.24 bits per heavy atom. The number of anilines is 1. The molecule has 0 amide bonds. The molecule has 0 aliphatic carbocycles. The van der Waals surface area contributed by atoms with Crippen LogP contribution in [-0.2, 0) is 5.88 Å². The lowest BCUT2D eigenvalue weighted by atomic mass is 10.1. The van der Waals surface area contributed by atoms with Gasteiger partial charge in [0.25, 0.3) is 0 Å². The molecular weight excluding hydrogens is 282 g/mol. The first-order valence-electron chi connectivity index (χ1n) is 7.42. The molecule has 3 nitrogen and oxygen atoms in total. The lowest BCUT2D eigenvalue weighted by molar-refractivity contribution is 0.372. The van der Waals surface area contributed by atoms with Crippen LogP contribution in [0.5, 0.6) is 0 Å². The maximum atomic E-state index is 6.02. The molecule has 2 aromatic rings. The first-order chi connectivity index (χ1) is 10.1. The van der Waals surface area contributed by atoms with Gasteiger partial charge in [0.1, 0.15) is 5.82 Å². The van der Waals surface area contributed by atoms with Crippen molar-refractivity contribution in [3.63, 3.8) is 0 Å². The maximum Gasteiger partial charge on any atom is 0.137 e. The van der Waals surface area contributed by atoms with Gasteiger partial charge in [-0.3, -0.25) is 0 Å². The third-order valence-electron chi connectivity index (χ3n) is 3.68. The van der Waals surface area contributed by atoms with Crippen LogP contribution in [0.3, 0.4) is 0 Å². The van der Waals surface area contributed by atoms with Gasteiger partial charge in [0.2, 0.25) is 0 Å². The fourth-order valence-electron chi connectivity index (χ4n) is 2.82. The minimum atomic E-state index is 0.395. The molecule has 0 saturated carbocycles. The number of aromatic nitrogens is 1. The van der Waals surface area contributed by atoms with Crippen LogP contribution in [-0.4, -0.2) is 43.1 Å². The van der Waals surface area contributed by atoms with E-state index in [0.29, 0.717) is 11.9 Å². The topological polar surface area (TPSA) is 19.4 Å². The van der Waals surface area contributed by atoms with Crippen molar-refractivity contribution in [3.8, 4) is 0 Å². The Bertz CT molecular complexity index is 598. The van der Waals surface area contributed by atoms with E-state index in [-0.39, 0.29) is 0 Å². The van der Waals surface area contributed by atoms with Gasteiger partial charge in [-0.15, -0.1) is 11.6 Å². The van der Waals surface area contributed by atoms with Crippen LogP contribution in [0.1, 0.15) is 19.5 Å². The van der Waals surface area contributed by atoms with E-state index in [1.54, 1.807) is 0 Å². The molecule has 21 heavy (non-hydrogen) atoms. The molecule has 1 unspecified atom stereocenters. The van der Waals surface area contributed by atoms with Crippen LogP contribution >= 0.6 is 11.6 Å². The third kappa shape index (κ3) is 3.66. The van der Waals surface area contributed by atoms with Gasteiger partial charge in [0.05, 0.1) is 11.6 Å². The SMILES string of the molecule is CCN(c1nc(CCl)cc2ccccc12)C(C)CN(C)C. The highest BCUT2D eigenvalue weighted by Gasteiger charge is 2.18. The van der Waals surface area contributed by atoms with Gasteiger partial charge in [-0.2, -0.15) is 0 Å². The van der Waals surface area contributed by atoms with Crippen molar-refractivity contribution in [1.29, 1.82) is 0 Å². The molecular formula is C17H24ClN3. The van der Waals surface area contributed by atoms with E-state index in [2.05, 4.69) is 68.1 Å². The van der Waals surface area contributed by atoms with Crippen molar-refractivity contribution in [2.24, 2.45) is 0 Å². The molecule has 0 aliphatic heterocycles. The van der Waals surface area contributed by atoms with Crippen LogP contribution in [0, 0.1) is 0 Å². The minimum absolute atomic E-state index is 0.395. The first-order valence-corrected chi connectivity index (χ1v) is 7.96. The van der Waals surface area contributed by atoms with Gasteiger partial charge >= 0.3 is 0 Å². The molecule has 1 atom stereocenters. The van der Waals surface area contributed by atoms with E-state index < -0.39 is 0 Å². The van der Waals surface area contributed by atoms with Crippen molar-refractivity contribution in [2.75, 3.05) is 32.1 Å². The molecule has 0 N–H and O–H groups in total. The Kier molecular flexibility index (Phi) is 5.43. The predicted octanol–water partition coefficient (Wildman–Crippen LogP) is 3.75. The summed E-state index contributed by atoms with van der Waals surface area (Å²) in [6, 6.07) is 10.9. The standard InChI is InChI=1S/C17H24ClN3/c1-5-21(13(2)12-20(3)4)17-16-9-7-6-8-14(16)10-15(11-18)19-17/h6-10,13H,5,11-12H2,1-4H3. The van der Waals surface area contributed by atoms with E-state index >= 15 is 0 Å². The van der Waals surface area contributed by atoms with Crippen LogP contribution < -0.4 is 4.90 Å². The average molecular weight is 306 g/mol. The fraction of sp³-hybridized carbons (Fsp3) is 0.471. The summed E-state index contributed by atoms with van der Waals surface area (Å²) in [4.78, 5) is 9.36. The van der Waals surface area contributed by atoms with Crippen LogP contribution in [0.15, 0.2) is 30.3 Å². The molecule has 1 aromatic heterocycles. The van der Waals surface area contributed by atoms with Crippen molar-refractivity contribution >= 4 is 28.2 Å². The smallest absolute Gasteiger partial charge is 0.137 e. The highest BCUT2D eigenvalue weighted by Crippen LogP contribution is 2.27. The van der Waals surface area contributed by atoms with Crippen LogP contribution in [0.2, 0.25) is 0 Å². The molecule has 0 radical (unpaired) electrons. The van der Waals surface area contributed by atoms with E-state index in [0.717, 1.165) is 24.6 Å². The van der Waals surface area contributed by atoms with Crippen molar-refractivity contribution in [1.82, 2.24) is 9.88 Å². The van der Waals surface area contributed by atoms with Crippen molar-refractivity contribution < 1.29 is 0 Å². The van der Waals surface area contributed by atoms with E-state index in [1.807, 2.05) is 0 Å². The lowest BCUT2D eigenvalue weighted by Crippen LogP contribution is -2.40. The molecule has 0 fully saturated rings. The predicted molar refractivity (Wildman–Crippen MR) is 92.3 cm³/mol. The van der Waals surface area contributed by atoms with E-state index in [4.69, 9.17) is 16.6 Å². The number of nitrogens with zero attached hydrogens (tertiary/aromatic N) is 3. The quantitative estimate of drug-likeness (QED) is 0.758. The molecule has 1 heterocycles. The molecule has 2 rings (SSSR count). The highest BCUT2D eigenvalue weighted by atomic mass is 35.5. The Labute approximate surface area is 132 Å². The summed E-state index contributed by atoms with van der Waals surface area (Å²) < 4.78 is 0. The van der Waals surface area contributed by atoms with Gasteiger partial charge in [-0.05, 0) is 39.4 Å². The molecule has 0 saturated heterocycles. The summed E-state index contributed by atoms with van der Waals surface area (Å²) in [6.07, 6.45) is 0. The zero-order valence-electron chi connectivity index (χ0n) is 13.3. The highest BCUT2D eigenvalue weighted by molar-refractivity contribution is 6.17. The average Bonchev–Trinajstić information content (AvgIpc) is 2.46. The summed E-state index contributed by atoms with van der Waals surface area (Å²) in [7, 11) is 4.20. The Hall–Kier alpha value is -1.32. The first kappa shape index (κ1) is 16.1. The van der Waals surface area contributed by atoms with Crippen molar-refractivity contribution in [3.05, 3.63) is 36.0 Å².